The Morgan fingerprint density at radius 2 is 2.27 bits per heavy atom. The summed E-state index contributed by atoms with van der Waals surface area (Å²) < 4.78 is 0. The number of carbonyl (C=O) groups is 1. The number of nitrogens with zero attached hydrogens (tertiary/aromatic N) is 1. The number of hydrogen-bond donors (Lipinski definition) is 1. The Hall–Kier alpha value is -0.280. The summed E-state index contributed by atoms with van der Waals surface area (Å²) in [4.78, 5) is 13.8. The van der Waals surface area contributed by atoms with Crippen molar-refractivity contribution in [1.82, 2.24) is 10.2 Å². The zero-order valence-corrected chi connectivity index (χ0v) is 9.96. The molecular formula is C11H19ClN2O. The predicted molar refractivity (Wildman–Crippen MR) is 61.0 cm³/mol. The molecule has 15 heavy (non-hydrogen) atoms. The summed E-state index contributed by atoms with van der Waals surface area (Å²) in [5.74, 6) is 0.589. The quantitative estimate of drug-likeness (QED) is 0.737. The molecule has 0 radical (unpaired) electrons. The number of hydrogen-bond acceptors (Lipinski definition) is 2. The molecule has 0 spiro atoms. The van der Waals surface area contributed by atoms with Gasteiger partial charge >= 0.3 is 0 Å². The Morgan fingerprint density at radius 3 is 2.87 bits per heavy atom. The van der Waals surface area contributed by atoms with Crippen LogP contribution in [-0.4, -0.2) is 41.9 Å². The van der Waals surface area contributed by atoms with Crippen LogP contribution in [0.4, 0.5) is 0 Å². The number of alkyl halides is 1. The lowest BCUT2D eigenvalue weighted by molar-refractivity contribution is -0.120. The van der Waals surface area contributed by atoms with Gasteiger partial charge in [0.15, 0.2) is 0 Å². The molecule has 1 saturated heterocycles. The Labute approximate surface area is 96.2 Å². The van der Waals surface area contributed by atoms with E-state index in [4.69, 9.17) is 11.6 Å². The Kier molecular flexibility index (Phi) is 3.52. The van der Waals surface area contributed by atoms with E-state index in [9.17, 15) is 4.79 Å². The van der Waals surface area contributed by atoms with E-state index in [1.807, 2.05) is 0 Å². The second kappa shape index (κ2) is 4.71. The number of nitrogens with one attached hydrogen (secondary N) is 1. The van der Waals surface area contributed by atoms with Crippen molar-refractivity contribution in [3.63, 3.8) is 0 Å². The first-order valence-electron chi connectivity index (χ1n) is 5.82. The van der Waals surface area contributed by atoms with E-state index < -0.39 is 5.38 Å². The number of halogens is 1. The lowest BCUT2D eigenvalue weighted by Crippen LogP contribution is -2.35. The van der Waals surface area contributed by atoms with Gasteiger partial charge in [0.25, 0.3) is 0 Å². The van der Waals surface area contributed by atoms with E-state index in [1.54, 1.807) is 6.92 Å². The van der Waals surface area contributed by atoms with E-state index in [0.29, 0.717) is 5.92 Å². The minimum absolute atomic E-state index is 0.0402. The summed E-state index contributed by atoms with van der Waals surface area (Å²) >= 11 is 5.68. The molecular weight excluding hydrogens is 212 g/mol. The highest BCUT2D eigenvalue weighted by atomic mass is 35.5. The lowest BCUT2D eigenvalue weighted by Gasteiger charge is -2.15. The Bertz CT molecular complexity index is 241. The molecule has 0 aromatic carbocycles. The zero-order valence-electron chi connectivity index (χ0n) is 9.21. The molecule has 1 aliphatic carbocycles. The Morgan fingerprint density at radius 1 is 1.53 bits per heavy atom. The molecule has 4 heteroatoms. The van der Waals surface area contributed by atoms with Gasteiger partial charge in [-0.3, -0.25) is 4.79 Å². The van der Waals surface area contributed by atoms with Gasteiger partial charge in [0.1, 0.15) is 5.38 Å². The molecule has 0 aromatic heterocycles. The standard InChI is InChI=1S/C11H19ClN2O/c1-8(12)11(15)13-6-9-4-5-14(7-9)10-2-3-10/h8-10H,2-7H2,1H3,(H,13,15). The molecule has 1 amide bonds. The summed E-state index contributed by atoms with van der Waals surface area (Å²) in [6, 6.07) is 0.859. The van der Waals surface area contributed by atoms with Crippen LogP contribution in [0.15, 0.2) is 0 Å². The molecule has 86 valence electrons. The van der Waals surface area contributed by atoms with Crippen LogP contribution in [0.25, 0.3) is 0 Å². The van der Waals surface area contributed by atoms with Crippen molar-refractivity contribution in [2.75, 3.05) is 19.6 Å². The highest BCUT2D eigenvalue weighted by Gasteiger charge is 2.34. The first-order valence-corrected chi connectivity index (χ1v) is 6.26. The maximum absolute atomic E-state index is 11.3. The third-order valence-electron chi connectivity index (χ3n) is 3.31. The Balaban J connectivity index is 1.66. The SMILES string of the molecule is CC(Cl)C(=O)NCC1CCN(C2CC2)C1. The van der Waals surface area contributed by atoms with Crippen molar-refractivity contribution in [3.05, 3.63) is 0 Å². The van der Waals surface area contributed by atoms with Gasteiger partial charge in [-0.15, -0.1) is 11.6 Å². The van der Waals surface area contributed by atoms with Gasteiger partial charge in [-0.05, 0) is 38.6 Å². The molecule has 1 saturated carbocycles. The van der Waals surface area contributed by atoms with Gasteiger partial charge < -0.3 is 10.2 Å². The topological polar surface area (TPSA) is 32.3 Å². The van der Waals surface area contributed by atoms with E-state index in [2.05, 4.69) is 10.2 Å². The van der Waals surface area contributed by atoms with Crippen molar-refractivity contribution >= 4 is 17.5 Å². The second-order valence-corrected chi connectivity index (χ2v) is 5.40. The lowest BCUT2D eigenvalue weighted by atomic mass is 10.1. The van der Waals surface area contributed by atoms with Crippen molar-refractivity contribution in [3.8, 4) is 0 Å². The average Bonchev–Trinajstić information content (AvgIpc) is 2.95. The van der Waals surface area contributed by atoms with Gasteiger partial charge in [0.05, 0.1) is 0 Å². The summed E-state index contributed by atoms with van der Waals surface area (Å²) in [6.45, 7) is 4.87. The minimum atomic E-state index is -0.411. The molecule has 2 atom stereocenters. The van der Waals surface area contributed by atoms with Crippen LogP contribution in [0, 0.1) is 5.92 Å². The fourth-order valence-corrected chi connectivity index (χ4v) is 2.26. The minimum Gasteiger partial charge on any atom is -0.355 e. The van der Waals surface area contributed by atoms with Crippen LogP contribution < -0.4 is 5.32 Å². The van der Waals surface area contributed by atoms with Crippen molar-refractivity contribution in [1.29, 1.82) is 0 Å². The van der Waals surface area contributed by atoms with Crippen LogP contribution in [0.2, 0.25) is 0 Å². The largest absolute Gasteiger partial charge is 0.355 e. The normalized spacial score (nSPS) is 29.1. The smallest absolute Gasteiger partial charge is 0.237 e. The molecule has 0 bridgehead atoms. The van der Waals surface area contributed by atoms with Gasteiger partial charge in [0.2, 0.25) is 5.91 Å². The number of rotatable bonds is 4. The molecule has 3 nitrogen and oxygen atoms in total. The average molecular weight is 231 g/mol. The number of likely N-dealkylation sites (tertiary alicyclic amines) is 1. The summed E-state index contributed by atoms with van der Waals surface area (Å²) in [7, 11) is 0. The van der Waals surface area contributed by atoms with Crippen molar-refractivity contribution < 1.29 is 4.79 Å². The molecule has 2 aliphatic rings. The molecule has 1 heterocycles. The highest BCUT2D eigenvalue weighted by molar-refractivity contribution is 6.30. The molecule has 1 aliphatic heterocycles. The maximum Gasteiger partial charge on any atom is 0.237 e. The van der Waals surface area contributed by atoms with Crippen LogP contribution >= 0.6 is 11.6 Å². The first kappa shape index (κ1) is 11.2. The summed E-state index contributed by atoms with van der Waals surface area (Å²) in [6.07, 6.45) is 3.96. The maximum atomic E-state index is 11.3. The molecule has 0 aromatic rings. The fraction of sp³-hybridized carbons (Fsp3) is 0.909. The third-order valence-corrected chi connectivity index (χ3v) is 3.50. The van der Waals surface area contributed by atoms with Crippen LogP contribution in [-0.2, 0) is 4.79 Å². The predicted octanol–water partition coefficient (Wildman–Crippen LogP) is 1.21. The van der Waals surface area contributed by atoms with Gasteiger partial charge in [-0.25, -0.2) is 0 Å². The van der Waals surface area contributed by atoms with E-state index in [0.717, 1.165) is 19.1 Å². The van der Waals surface area contributed by atoms with Crippen LogP contribution in [0.5, 0.6) is 0 Å². The molecule has 2 unspecified atom stereocenters. The van der Waals surface area contributed by atoms with Gasteiger partial charge in [-0.1, -0.05) is 0 Å². The van der Waals surface area contributed by atoms with Gasteiger partial charge in [0, 0.05) is 19.1 Å². The van der Waals surface area contributed by atoms with Crippen LogP contribution in [0.3, 0.4) is 0 Å². The first-order chi connectivity index (χ1) is 7.16. The van der Waals surface area contributed by atoms with Gasteiger partial charge in [-0.2, -0.15) is 0 Å². The van der Waals surface area contributed by atoms with E-state index >= 15 is 0 Å². The van der Waals surface area contributed by atoms with Crippen LogP contribution in [0.1, 0.15) is 26.2 Å². The zero-order chi connectivity index (χ0) is 10.8. The monoisotopic (exact) mass is 230 g/mol. The summed E-state index contributed by atoms with van der Waals surface area (Å²) in [5.41, 5.74) is 0. The highest BCUT2D eigenvalue weighted by Crippen LogP contribution is 2.31. The van der Waals surface area contributed by atoms with Crippen molar-refractivity contribution in [2.45, 2.75) is 37.6 Å². The molecule has 2 rings (SSSR count). The second-order valence-electron chi connectivity index (χ2n) is 4.74. The number of amides is 1. The molecule has 2 fully saturated rings. The van der Waals surface area contributed by atoms with E-state index in [-0.39, 0.29) is 5.91 Å². The number of carbonyl (C=O) groups excluding carboxylic acids is 1. The van der Waals surface area contributed by atoms with Crippen molar-refractivity contribution in [2.24, 2.45) is 5.92 Å². The third kappa shape index (κ3) is 3.08. The van der Waals surface area contributed by atoms with E-state index in [1.165, 1.54) is 25.8 Å². The molecule has 1 N–H and O–H groups in total. The summed E-state index contributed by atoms with van der Waals surface area (Å²) in [5, 5.41) is 2.50. The fourth-order valence-electron chi connectivity index (χ4n) is 2.19.